The molecule has 102 valence electrons. The lowest BCUT2D eigenvalue weighted by atomic mass is 9.79. The molecule has 0 aliphatic carbocycles. The Hall–Kier alpha value is -2.04. The molecular formula is C14H19N3O2. The van der Waals surface area contributed by atoms with E-state index in [9.17, 15) is 4.79 Å². The van der Waals surface area contributed by atoms with Crippen molar-refractivity contribution in [2.75, 3.05) is 13.1 Å². The SMILES string of the molecule is CC1(/C(N)=N/O)CCN(C(=O)c2ccccc2)CC1. The molecule has 1 aromatic rings. The summed E-state index contributed by atoms with van der Waals surface area (Å²) in [5, 5.41) is 11.9. The van der Waals surface area contributed by atoms with Gasteiger partial charge in [0, 0.05) is 24.1 Å². The summed E-state index contributed by atoms with van der Waals surface area (Å²) in [6.45, 7) is 3.22. The molecule has 0 atom stereocenters. The third-order valence-corrected chi connectivity index (χ3v) is 3.90. The van der Waals surface area contributed by atoms with Crippen LogP contribution < -0.4 is 5.73 Å². The first-order chi connectivity index (χ1) is 9.07. The normalized spacial score (nSPS) is 19.2. The summed E-state index contributed by atoms with van der Waals surface area (Å²) in [6.07, 6.45) is 1.42. The standard InChI is InChI=1S/C14H19N3O2/c1-14(13(15)16-19)7-9-17(10-8-14)12(18)11-5-3-2-4-6-11/h2-6,19H,7-10H2,1H3,(H2,15,16). The predicted molar refractivity (Wildman–Crippen MR) is 73.1 cm³/mol. The van der Waals surface area contributed by atoms with Gasteiger partial charge in [0.25, 0.3) is 5.91 Å². The zero-order valence-electron chi connectivity index (χ0n) is 11.0. The number of amidine groups is 1. The number of rotatable bonds is 2. The van der Waals surface area contributed by atoms with E-state index in [0.29, 0.717) is 31.5 Å². The smallest absolute Gasteiger partial charge is 0.253 e. The van der Waals surface area contributed by atoms with Gasteiger partial charge in [0.15, 0.2) is 0 Å². The number of carbonyl (C=O) groups excluding carboxylic acids is 1. The number of piperidine rings is 1. The monoisotopic (exact) mass is 261 g/mol. The number of likely N-dealkylation sites (tertiary alicyclic amines) is 1. The highest BCUT2D eigenvalue weighted by atomic mass is 16.4. The van der Waals surface area contributed by atoms with E-state index < -0.39 is 0 Å². The van der Waals surface area contributed by atoms with Crippen LogP contribution in [0.1, 0.15) is 30.1 Å². The van der Waals surface area contributed by atoms with Crippen LogP contribution in [0.5, 0.6) is 0 Å². The van der Waals surface area contributed by atoms with Crippen LogP contribution in [-0.2, 0) is 0 Å². The highest BCUT2D eigenvalue weighted by molar-refractivity contribution is 5.94. The molecule has 1 saturated heterocycles. The van der Waals surface area contributed by atoms with Gasteiger partial charge in [-0.2, -0.15) is 0 Å². The lowest BCUT2D eigenvalue weighted by molar-refractivity contribution is 0.0666. The molecule has 5 nitrogen and oxygen atoms in total. The van der Waals surface area contributed by atoms with Crippen molar-refractivity contribution in [1.82, 2.24) is 4.90 Å². The van der Waals surface area contributed by atoms with Gasteiger partial charge in [-0.15, -0.1) is 0 Å². The molecule has 1 aliphatic rings. The summed E-state index contributed by atoms with van der Waals surface area (Å²) in [6, 6.07) is 9.25. The Kier molecular flexibility index (Phi) is 3.74. The zero-order chi connectivity index (χ0) is 13.9. The minimum absolute atomic E-state index is 0.0437. The van der Waals surface area contributed by atoms with Crippen molar-refractivity contribution >= 4 is 11.7 Å². The molecule has 19 heavy (non-hydrogen) atoms. The second kappa shape index (κ2) is 5.30. The number of oxime groups is 1. The number of carbonyl (C=O) groups is 1. The van der Waals surface area contributed by atoms with Crippen LogP contribution in [0, 0.1) is 5.41 Å². The van der Waals surface area contributed by atoms with Crippen LogP contribution in [0.3, 0.4) is 0 Å². The minimum atomic E-state index is -0.317. The Labute approximate surface area is 112 Å². The van der Waals surface area contributed by atoms with Crippen LogP contribution in [-0.4, -0.2) is 34.9 Å². The van der Waals surface area contributed by atoms with E-state index in [4.69, 9.17) is 10.9 Å². The molecule has 1 amide bonds. The van der Waals surface area contributed by atoms with Gasteiger partial charge in [-0.05, 0) is 25.0 Å². The number of nitrogens with two attached hydrogens (primary N) is 1. The van der Waals surface area contributed by atoms with E-state index in [0.717, 1.165) is 0 Å². The van der Waals surface area contributed by atoms with Crippen LogP contribution >= 0.6 is 0 Å². The van der Waals surface area contributed by atoms with Crippen molar-refractivity contribution in [3.05, 3.63) is 35.9 Å². The molecule has 1 aromatic carbocycles. The molecule has 5 heteroatoms. The van der Waals surface area contributed by atoms with Crippen molar-refractivity contribution in [3.8, 4) is 0 Å². The van der Waals surface area contributed by atoms with E-state index in [1.54, 1.807) is 0 Å². The fourth-order valence-electron chi connectivity index (χ4n) is 2.34. The van der Waals surface area contributed by atoms with Gasteiger partial charge >= 0.3 is 0 Å². The third-order valence-electron chi connectivity index (χ3n) is 3.90. The molecule has 0 spiro atoms. The molecule has 0 saturated carbocycles. The topological polar surface area (TPSA) is 78.9 Å². The van der Waals surface area contributed by atoms with Crippen molar-refractivity contribution in [3.63, 3.8) is 0 Å². The van der Waals surface area contributed by atoms with E-state index >= 15 is 0 Å². The highest BCUT2D eigenvalue weighted by Crippen LogP contribution is 2.31. The predicted octanol–water partition coefficient (Wildman–Crippen LogP) is 1.68. The molecule has 0 radical (unpaired) electrons. The Bertz CT molecular complexity index is 477. The third kappa shape index (κ3) is 2.70. The van der Waals surface area contributed by atoms with Crippen molar-refractivity contribution in [2.24, 2.45) is 16.3 Å². The van der Waals surface area contributed by atoms with Gasteiger partial charge in [-0.3, -0.25) is 4.79 Å². The Balaban J connectivity index is 2.03. The molecule has 1 heterocycles. The fraction of sp³-hybridized carbons (Fsp3) is 0.429. The van der Waals surface area contributed by atoms with Crippen LogP contribution in [0.15, 0.2) is 35.5 Å². The van der Waals surface area contributed by atoms with Gasteiger partial charge in [-0.1, -0.05) is 30.3 Å². The maximum Gasteiger partial charge on any atom is 0.253 e. The molecule has 0 aromatic heterocycles. The Morgan fingerprint density at radius 2 is 1.89 bits per heavy atom. The van der Waals surface area contributed by atoms with Crippen LogP contribution in [0.25, 0.3) is 0 Å². The fourth-order valence-corrected chi connectivity index (χ4v) is 2.34. The first-order valence-electron chi connectivity index (χ1n) is 6.39. The number of hydrogen-bond acceptors (Lipinski definition) is 3. The Morgan fingerprint density at radius 1 is 1.32 bits per heavy atom. The van der Waals surface area contributed by atoms with Gasteiger partial charge < -0.3 is 15.8 Å². The zero-order valence-corrected chi connectivity index (χ0v) is 11.0. The number of hydrogen-bond donors (Lipinski definition) is 2. The van der Waals surface area contributed by atoms with Crippen molar-refractivity contribution in [2.45, 2.75) is 19.8 Å². The molecule has 1 fully saturated rings. The highest BCUT2D eigenvalue weighted by Gasteiger charge is 2.35. The maximum absolute atomic E-state index is 12.3. The lowest BCUT2D eigenvalue weighted by Crippen LogP contribution is -2.47. The molecule has 3 N–H and O–H groups in total. The summed E-state index contributed by atoms with van der Waals surface area (Å²) >= 11 is 0. The number of nitrogens with zero attached hydrogens (tertiary/aromatic N) is 2. The summed E-state index contributed by atoms with van der Waals surface area (Å²) in [7, 11) is 0. The van der Waals surface area contributed by atoms with Crippen molar-refractivity contribution in [1.29, 1.82) is 0 Å². The van der Waals surface area contributed by atoms with Gasteiger partial charge in [0.1, 0.15) is 5.84 Å². The van der Waals surface area contributed by atoms with E-state index in [-0.39, 0.29) is 17.2 Å². The average Bonchev–Trinajstić information content (AvgIpc) is 2.47. The summed E-state index contributed by atoms with van der Waals surface area (Å²) in [5.41, 5.74) is 6.10. The Morgan fingerprint density at radius 3 is 2.42 bits per heavy atom. The van der Waals surface area contributed by atoms with Gasteiger partial charge in [-0.25, -0.2) is 0 Å². The van der Waals surface area contributed by atoms with Crippen LogP contribution in [0.4, 0.5) is 0 Å². The number of amides is 1. The quantitative estimate of drug-likeness (QED) is 0.368. The minimum Gasteiger partial charge on any atom is -0.409 e. The van der Waals surface area contributed by atoms with Gasteiger partial charge in [0.05, 0.1) is 0 Å². The maximum atomic E-state index is 12.3. The summed E-state index contributed by atoms with van der Waals surface area (Å²) in [4.78, 5) is 14.1. The van der Waals surface area contributed by atoms with E-state index in [2.05, 4.69) is 5.16 Å². The number of benzene rings is 1. The lowest BCUT2D eigenvalue weighted by Gasteiger charge is -2.38. The van der Waals surface area contributed by atoms with E-state index in [1.165, 1.54) is 0 Å². The van der Waals surface area contributed by atoms with Crippen molar-refractivity contribution < 1.29 is 10.0 Å². The van der Waals surface area contributed by atoms with Gasteiger partial charge in [0.2, 0.25) is 0 Å². The summed E-state index contributed by atoms with van der Waals surface area (Å²) in [5.74, 6) is 0.293. The second-order valence-corrected chi connectivity index (χ2v) is 5.20. The van der Waals surface area contributed by atoms with E-state index in [1.807, 2.05) is 42.2 Å². The molecule has 0 bridgehead atoms. The van der Waals surface area contributed by atoms with Crippen LogP contribution in [0.2, 0.25) is 0 Å². The molecule has 1 aliphatic heterocycles. The first-order valence-corrected chi connectivity index (χ1v) is 6.39. The summed E-state index contributed by atoms with van der Waals surface area (Å²) < 4.78 is 0. The first kappa shape index (κ1) is 13.4. The molecule has 2 rings (SSSR count). The average molecular weight is 261 g/mol. The second-order valence-electron chi connectivity index (χ2n) is 5.20. The molecule has 0 unspecified atom stereocenters. The largest absolute Gasteiger partial charge is 0.409 e. The molecular weight excluding hydrogens is 242 g/mol.